The predicted molar refractivity (Wildman–Crippen MR) is 130 cm³/mol. The lowest BCUT2D eigenvalue weighted by molar-refractivity contribution is 0.253. The monoisotopic (exact) mass is 444 g/mol. The fourth-order valence-electron chi connectivity index (χ4n) is 4.41. The van der Waals surface area contributed by atoms with Crippen LogP contribution in [0.4, 0.5) is 5.95 Å². The Balaban J connectivity index is 1.71. The van der Waals surface area contributed by atoms with Crippen molar-refractivity contribution >= 4 is 17.0 Å². The molecule has 1 fully saturated rings. The van der Waals surface area contributed by atoms with Crippen molar-refractivity contribution in [3.05, 3.63) is 70.5 Å². The van der Waals surface area contributed by atoms with Crippen LogP contribution in [0.25, 0.3) is 33.6 Å². The fourth-order valence-corrected chi connectivity index (χ4v) is 4.41. The van der Waals surface area contributed by atoms with E-state index in [1.165, 1.54) is 4.57 Å². The van der Waals surface area contributed by atoms with Crippen LogP contribution in [0.3, 0.4) is 0 Å². The topological polar surface area (TPSA) is 106 Å². The molecule has 0 radical (unpaired) electrons. The summed E-state index contributed by atoms with van der Waals surface area (Å²) in [5.74, 6) is 0.943. The third-order valence-electron chi connectivity index (χ3n) is 6.61. The average Bonchev–Trinajstić information content (AvgIpc) is 3.21. The standard InChI is InChI=1S/C26H28N4O3/c1-16(15-31)28-25-29-23-21(24(32)30(25)2)20(17-7-4-3-5-8-17)22(33-23)18-9-11-19(12-10-18)26(27)13-6-14-26/h3-5,7-12,16,31H,6,13-15,27H2,1-2H3,(H,28,29)/t16-/m0/s1. The first-order chi connectivity index (χ1) is 15.9. The number of benzene rings is 2. The number of hydrogen-bond acceptors (Lipinski definition) is 6. The van der Waals surface area contributed by atoms with Gasteiger partial charge in [0.05, 0.1) is 6.61 Å². The molecule has 0 bridgehead atoms. The molecule has 7 heteroatoms. The van der Waals surface area contributed by atoms with Gasteiger partial charge in [-0.25, -0.2) is 0 Å². The number of aliphatic hydroxyl groups excluding tert-OH is 1. The van der Waals surface area contributed by atoms with Crippen molar-refractivity contribution < 1.29 is 9.52 Å². The lowest BCUT2D eigenvalue weighted by atomic mass is 9.72. The van der Waals surface area contributed by atoms with E-state index in [0.717, 1.165) is 41.5 Å². The highest BCUT2D eigenvalue weighted by molar-refractivity contribution is 6.00. The second-order valence-electron chi connectivity index (χ2n) is 8.97. The maximum atomic E-state index is 13.4. The third-order valence-corrected chi connectivity index (χ3v) is 6.61. The van der Waals surface area contributed by atoms with Gasteiger partial charge in [0.15, 0.2) is 0 Å². The van der Waals surface area contributed by atoms with Crippen LogP contribution in [-0.4, -0.2) is 27.3 Å². The zero-order chi connectivity index (χ0) is 23.2. The Morgan fingerprint density at radius 1 is 1.15 bits per heavy atom. The van der Waals surface area contributed by atoms with Crippen molar-refractivity contribution in [1.82, 2.24) is 9.55 Å². The number of rotatable bonds is 6. The van der Waals surface area contributed by atoms with E-state index < -0.39 is 0 Å². The summed E-state index contributed by atoms with van der Waals surface area (Å²) in [6, 6.07) is 17.6. The molecule has 7 nitrogen and oxygen atoms in total. The molecule has 4 N–H and O–H groups in total. The Labute approximate surface area is 191 Å². The summed E-state index contributed by atoms with van der Waals surface area (Å²) in [7, 11) is 1.66. The number of anilines is 1. The summed E-state index contributed by atoms with van der Waals surface area (Å²) in [6.07, 6.45) is 3.14. The van der Waals surface area contributed by atoms with Crippen molar-refractivity contribution in [2.75, 3.05) is 11.9 Å². The highest BCUT2D eigenvalue weighted by Crippen LogP contribution is 2.42. The molecule has 2 aromatic carbocycles. The van der Waals surface area contributed by atoms with Crippen LogP contribution in [0.2, 0.25) is 0 Å². The van der Waals surface area contributed by atoms with Gasteiger partial charge in [0.2, 0.25) is 11.7 Å². The molecule has 2 heterocycles. The van der Waals surface area contributed by atoms with Gasteiger partial charge in [-0.1, -0.05) is 54.6 Å². The van der Waals surface area contributed by atoms with Gasteiger partial charge in [-0.15, -0.1) is 0 Å². The van der Waals surface area contributed by atoms with E-state index in [4.69, 9.17) is 10.2 Å². The second-order valence-corrected chi connectivity index (χ2v) is 8.97. The van der Waals surface area contributed by atoms with Crippen LogP contribution < -0.4 is 16.6 Å². The third kappa shape index (κ3) is 3.63. The second kappa shape index (κ2) is 8.17. The zero-order valence-electron chi connectivity index (χ0n) is 18.8. The van der Waals surface area contributed by atoms with Crippen LogP contribution in [0, 0.1) is 0 Å². The van der Waals surface area contributed by atoms with Gasteiger partial charge in [-0.2, -0.15) is 4.98 Å². The van der Waals surface area contributed by atoms with Gasteiger partial charge in [0, 0.05) is 29.8 Å². The minimum Gasteiger partial charge on any atom is -0.437 e. The van der Waals surface area contributed by atoms with Crippen molar-refractivity contribution in [2.45, 2.75) is 37.8 Å². The minimum atomic E-state index is -0.258. The largest absolute Gasteiger partial charge is 0.437 e. The SMILES string of the molecule is C[C@@H](CO)Nc1nc2oc(-c3ccc(C4(N)CCC4)cc3)c(-c3ccccc3)c2c(=O)n1C. The number of aromatic nitrogens is 2. The molecule has 0 spiro atoms. The van der Waals surface area contributed by atoms with Crippen molar-refractivity contribution in [3.8, 4) is 22.5 Å². The molecule has 0 aliphatic heterocycles. The summed E-state index contributed by atoms with van der Waals surface area (Å²) in [5, 5.41) is 12.9. The molecule has 1 saturated carbocycles. The van der Waals surface area contributed by atoms with Crippen LogP contribution in [0.15, 0.2) is 63.8 Å². The van der Waals surface area contributed by atoms with E-state index in [0.29, 0.717) is 17.1 Å². The molecule has 0 saturated heterocycles. The molecule has 1 aliphatic carbocycles. The lowest BCUT2D eigenvalue weighted by Gasteiger charge is -2.38. The summed E-state index contributed by atoms with van der Waals surface area (Å²) >= 11 is 0. The average molecular weight is 445 g/mol. The summed E-state index contributed by atoms with van der Waals surface area (Å²) in [6.45, 7) is 1.73. The van der Waals surface area contributed by atoms with Gasteiger partial charge in [-0.3, -0.25) is 9.36 Å². The van der Waals surface area contributed by atoms with E-state index in [1.54, 1.807) is 7.05 Å². The quantitative estimate of drug-likeness (QED) is 0.415. The molecule has 1 aliphatic rings. The smallest absolute Gasteiger partial charge is 0.266 e. The Morgan fingerprint density at radius 3 is 2.45 bits per heavy atom. The Kier molecular flexibility index (Phi) is 5.31. The van der Waals surface area contributed by atoms with Gasteiger partial charge in [0.1, 0.15) is 11.1 Å². The first-order valence-electron chi connectivity index (χ1n) is 11.3. The fraction of sp³-hybridized carbons (Fsp3) is 0.308. The number of fused-ring (bicyclic) bond motifs is 1. The molecule has 0 amide bonds. The number of nitrogens with two attached hydrogens (primary N) is 1. The number of aliphatic hydroxyl groups is 1. The van der Waals surface area contributed by atoms with Crippen molar-refractivity contribution in [3.63, 3.8) is 0 Å². The van der Waals surface area contributed by atoms with Crippen LogP contribution in [-0.2, 0) is 12.6 Å². The number of nitrogens with zero attached hydrogens (tertiary/aromatic N) is 2. The van der Waals surface area contributed by atoms with E-state index in [2.05, 4.69) is 22.4 Å². The van der Waals surface area contributed by atoms with E-state index in [1.807, 2.05) is 49.4 Å². The van der Waals surface area contributed by atoms with Gasteiger partial charge < -0.3 is 20.6 Å². The summed E-state index contributed by atoms with van der Waals surface area (Å²) in [5.41, 5.74) is 9.89. The van der Waals surface area contributed by atoms with Crippen LogP contribution >= 0.6 is 0 Å². The Morgan fingerprint density at radius 2 is 1.85 bits per heavy atom. The van der Waals surface area contributed by atoms with Gasteiger partial charge in [0.25, 0.3) is 5.56 Å². The maximum absolute atomic E-state index is 13.4. The first-order valence-corrected chi connectivity index (χ1v) is 11.3. The number of hydrogen-bond donors (Lipinski definition) is 3. The Hall–Kier alpha value is -3.42. The van der Waals surface area contributed by atoms with Crippen molar-refractivity contribution in [2.24, 2.45) is 12.8 Å². The normalized spacial score (nSPS) is 15.9. The number of furan rings is 1. The molecular formula is C26H28N4O3. The van der Waals surface area contributed by atoms with E-state index in [9.17, 15) is 9.90 Å². The molecule has 33 heavy (non-hydrogen) atoms. The molecule has 2 aromatic heterocycles. The zero-order valence-corrected chi connectivity index (χ0v) is 18.8. The van der Waals surface area contributed by atoms with Crippen molar-refractivity contribution in [1.29, 1.82) is 0 Å². The summed E-state index contributed by atoms with van der Waals surface area (Å²) < 4.78 is 7.70. The molecule has 170 valence electrons. The van der Waals surface area contributed by atoms with Crippen LogP contribution in [0.1, 0.15) is 31.7 Å². The summed E-state index contributed by atoms with van der Waals surface area (Å²) in [4.78, 5) is 18.0. The molecule has 4 aromatic rings. The predicted octanol–water partition coefficient (Wildman–Crippen LogP) is 3.99. The molecular weight excluding hydrogens is 416 g/mol. The van der Waals surface area contributed by atoms with Gasteiger partial charge in [-0.05, 0) is 37.3 Å². The van der Waals surface area contributed by atoms with Crippen LogP contribution in [0.5, 0.6) is 0 Å². The van der Waals surface area contributed by atoms with Gasteiger partial charge >= 0.3 is 0 Å². The highest BCUT2D eigenvalue weighted by atomic mass is 16.3. The minimum absolute atomic E-state index is 0.0818. The van der Waals surface area contributed by atoms with E-state index in [-0.39, 0.29) is 29.5 Å². The lowest BCUT2D eigenvalue weighted by Crippen LogP contribution is -2.43. The molecule has 0 unspecified atom stereocenters. The first kappa shape index (κ1) is 21.4. The van der Waals surface area contributed by atoms with E-state index >= 15 is 0 Å². The highest BCUT2D eigenvalue weighted by Gasteiger charge is 2.34. The molecule has 5 rings (SSSR count). The Bertz CT molecular complexity index is 1350. The number of nitrogens with one attached hydrogen (secondary N) is 1. The molecule has 1 atom stereocenters. The maximum Gasteiger partial charge on any atom is 0.266 e.